The van der Waals surface area contributed by atoms with Crippen molar-refractivity contribution in [2.75, 3.05) is 19.6 Å². The topological polar surface area (TPSA) is 47.1 Å². The predicted molar refractivity (Wildman–Crippen MR) is 89.6 cm³/mol. The van der Waals surface area contributed by atoms with E-state index in [9.17, 15) is 0 Å². The molecule has 4 heteroatoms. The molecule has 2 heterocycles. The molecule has 22 heavy (non-hydrogen) atoms. The molecule has 1 aromatic carbocycles. The van der Waals surface area contributed by atoms with E-state index >= 15 is 0 Å². The van der Waals surface area contributed by atoms with Crippen LogP contribution >= 0.6 is 0 Å². The molecule has 2 atom stereocenters. The Kier molecular flexibility index (Phi) is 4.60. The summed E-state index contributed by atoms with van der Waals surface area (Å²) < 4.78 is 2.12. The summed E-state index contributed by atoms with van der Waals surface area (Å²) in [5.41, 5.74) is 8.74. The van der Waals surface area contributed by atoms with E-state index in [1.54, 1.807) is 0 Å². The van der Waals surface area contributed by atoms with Gasteiger partial charge in [-0.15, -0.1) is 0 Å². The molecule has 1 saturated heterocycles. The van der Waals surface area contributed by atoms with Crippen LogP contribution in [0, 0.1) is 5.92 Å². The summed E-state index contributed by atoms with van der Waals surface area (Å²) >= 11 is 0. The van der Waals surface area contributed by atoms with Crippen LogP contribution < -0.4 is 5.73 Å². The van der Waals surface area contributed by atoms with E-state index in [0.29, 0.717) is 17.9 Å². The first-order valence-electron chi connectivity index (χ1n) is 8.18. The Bertz CT molecular complexity index is 590. The fourth-order valence-electron chi connectivity index (χ4n) is 3.57. The second kappa shape index (κ2) is 6.63. The van der Waals surface area contributed by atoms with Crippen LogP contribution in [0.2, 0.25) is 0 Å². The Morgan fingerprint density at radius 2 is 1.95 bits per heavy atom. The number of benzene rings is 1. The van der Waals surface area contributed by atoms with Crippen molar-refractivity contribution in [3.05, 3.63) is 53.9 Å². The third-order valence-electron chi connectivity index (χ3n) is 4.67. The minimum atomic E-state index is 0.405. The summed E-state index contributed by atoms with van der Waals surface area (Å²) in [5.74, 6) is 1.08. The summed E-state index contributed by atoms with van der Waals surface area (Å²) in [6.07, 6.45) is 1.90. The fraction of sp³-hybridized carbons (Fsp3) is 0.500. The molecular formula is C18H26N4. The molecule has 0 radical (unpaired) electrons. The first-order valence-corrected chi connectivity index (χ1v) is 8.18. The summed E-state index contributed by atoms with van der Waals surface area (Å²) in [5, 5.41) is 4.44. The molecule has 1 aliphatic heterocycles. The smallest absolute Gasteiger partial charge is 0.0527 e. The van der Waals surface area contributed by atoms with Crippen LogP contribution in [0.25, 0.3) is 0 Å². The van der Waals surface area contributed by atoms with Gasteiger partial charge in [-0.25, -0.2) is 0 Å². The largest absolute Gasteiger partial charge is 0.330 e. The van der Waals surface area contributed by atoms with E-state index in [1.807, 2.05) is 6.20 Å². The zero-order valence-electron chi connectivity index (χ0n) is 13.5. The Labute approximate surface area is 132 Å². The first-order chi connectivity index (χ1) is 10.7. The molecule has 2 N–H and O–H groups in total. The number of aromatic nitrogens is 2. The zero-order valence-corrected chi connectivity index (χ0v) is 13.5. The lowest BCUT2D eigenvalue weighted by Gasteiger charge is -2.18. The average Bonchev–Trinajstić information content (AvgIpc) is 3.15. The third-order valence-corrected chi connectivity index (χ3v) is 4.67. The van der Waals surface area contributed by atoms with Crippen LogP contribution in [0.5, 0.6) is 0 Å². The molecule has 0 unspecified atom stereocenters. The summed E-state index contributed by atoms with van der Waals surface area (Å²) in [6, 6.07) is 13.3. The summed E-state index contributed by atoms with van der Waals surface area (Å²) in [4.78, 5) is 2.52. The number of rotatable bonds is 5. The molecule has 0 spiro atoms. The van der Waals surface area contributed by atoms with E-state index in [1.165, 1.54) is 11.3 Å². The van der Waals surface area contributed by atoms with Gasteiger partial charge in [0.05, 0.1) is 5.69 Å². The molecule has 4 nitrogen and oxygen atoms in total. The van der Waals surface area contributed by atoms with E-state index in [4.69, 9.17) is 5.73 Å². The molecule has 0 aliphatic carbocycles. The van der Waals surface area contributed by atoms with Gasteiger partial charge in [0.1, 0.15) is 0 Å². The van der Waals surface area contributed by atoms with E-state index < -0.39 is 0 Å². The predicted octanol–water partition coefficient (Wildman–Crippen LogP) is 2.64. The normalized spacial score (nSPS) is 22.5. The average molecular weight is 298 g/mol. The standard InChI is InChI=1S/C18H26N4/c1-14(2)22-17(8-9-20-22)12-21-11-16(10-19)18(13-21)15-6-4-3-5-7-15/h3-9,14,16,18H,10-13,19H2,1-2H3/t16-,18+/m1/s1. The highest BCUT2D eigenvalue weighted by Crippen LogP contribution is 2.32. The number of hydrogen-bond donors (Lipinski definition) is 1. The minimum Gasteiger partial charge on any atom is -0.330 e. The lowest BCUT2D eigenvalue weighted by atomic mass is 9.89. The van der Waals surface area contributed by atoms with Crippen molar-refractivity contribution >= 4 is 0 Å². The van der Waals surface area contributed by atoms with Gasteiger partial charge < -0.3 is 5.73 Å². The molecule has 118 valence electrons. The minimum absolute atomic E-state index is 0.405. The maximum absolute atomic E-state index is 6.03. The monoisotopic (exact) mass is 298 g/mol. The number of hydrogen-bond acceptors (Lipinski definition) is 3. The summed E-state index contributed by atoms with van der Waals surface area (Å²) in [6.45, 7) is 8.21. The van der Waals surface area contributed by atoms with Crippen molar-refractivity contribution in [3.63, 3.8) is 0 Å². The maximum Gasteiger partial charge on any atom is 0.0527 e. The molecule has 2 aromatic rings. The van der Waals surface area contributed by atoms with Gasteiger partial charge in [-0.1, -0.05) is 30.3 Å². The highest BCUT2D eigenvalue weighted by molar-refractivity contribution is 5.22. The molecule has 1 aliphatic rings. The number of likely N-dealkylation sites (tertiary alicyclic amines) is 1. The van der Waals surface area contributed by atoms with E-state index in [-0.39, 0.29) is 0 Å². The highest BCUT2D eigenvalue weighted by atomic mass is 15.3. The van der Waals surface area contributed by atoms with Crippen molar-refractivity contribution in [1.82, 2.24) is 14.7 Å². The van der Waals surface area contributed by atoms with Crippen LogP contribution in [-0.2, 0) is 6.54 Å². The lowest BCUT2D eigenvalue weighted by Crippen LogP contribution is -2.24. The first kappa shape index (κ1) is 15.3. The van der Waals surface area contributed by atoms with Crippen LogP contribution in [0.3, 0.4) is 0 Å². The molecule has 0 saturated carbocycles. The van der Waals surface area contributed by atoms with Crippen molar-refractivity contribution in [2.45, 2.75) is 32.4 Å². The van der Waals surface area contributed by atoms with Gasteiger partial charge in [0, 0.05) is 37.8 Å². The van der Waals surface area contributed by atoms with Crippen LogP contribution in [-0.4, -0.2) is 34.3 Å². The van der Waals surface area contributed by atoms with Gasteiger partial charge >= 0.3 is 0 Å². The third kappa shape index (κ3) is 3.08. The fourth-order valence-corrected chi connectivity index (χ4v) is 3.57. The van der Waals surface area contributed by atoms with Crippen molar-refractivity contribution < 1.29 is 0 Å². The molecule has 1 fully saturated rings. The van der Waals surface area contributed by atoms with Crippen LogP contribution in [0.15, 0.2) is 42.6 Å². The van der Waals surface area contributed by atoms with Crippen LogP contribution in [0.4, 0.5) is 0 Å². The van der Waals surface area contributed by atoms with Crippen molar-refractivity contribution in [2.24, 2.45) is 11.7 Å². The van der Waals surface area contributed by atoms with Gasteiger partial charge in [0.15, 0.2) is 0 Å². The lowest BCUT2D eigenvalue weighted by molar-refractivity contribution is 0.301. The van der Waals surface area contributed by atoms with Gasteiger partial charge in [-0.05, 0) is 37.9 Å². The Balaban J connectivity index is 1.73. The van der Waals surface area contributed by atoms with Crippen molar-refractivity contribution in [1.29, 1.82) is 0 Å². The second-order valence-electron chi connectivity index (χ2n) is 6.57. The summed E-state index contributed by atoms with van der Waals surface area (Å²) in [7, 11) is 0. The molecular weight excluding hydrogens is 272 g/mol. The molecule has 3 rings (SSSR count). The SMILES string of the molecule is CC(C)n1nccc1CN1C[C@@H](CN)[C@H](c2ccccc2)C1. The highest BCUT2D eigenvalue weighted by Gasteiger charge is 2.33. The maximum atomic E-state index is 6.03. The van der Waals surface area contributed by atoms with E-state index in [0.717, 1.165) is 26.2 Å². The van der Waals surface area contributed by atoms with Gasteiger partial charge in [-0.3, -0.25) is 9.58 Å². The molecule has 1 aromatic heterocycles. The number of nitrogens with zero attached hydrogens (tertiary/aromatic N) is 3. The zero-order chi connectivity index (χ0) is 15.5. The Morgan fingerprint density at radius 3 is 2.64 bits per heavy atom. The molecule has 0 bridgehead atoms. The van der Waals surface area contributed by atoms with E-state index in [2.05, 4.69) is 64.9 Å². The number of nitrogens with two attached hydrogens (primary N) is 1. The Hall–Kier alpha value is -1.65. The van der Waals surface area contributed by atoms with Crippen LogP contribution in [0.1, 0.15) is 37.1 Å². The van der Waals surface area contributed by atoms with Crippen molar-refractivity contribution in [3.8, 4) is 0 Å². The van der Waals surface area contributed by atoms with Gasteiger partial charge in [0.25, 0.3) is 0 Å². The van der Waals surface area contributed by atoms with Gasteiger partial charge in [0.2, 0.25) is 0 Å². The van der Waals surface area contributed by atoms with Gasteiger partial charge in [-0.2, -0.15) is 5.10 Å². The second-order valence-corrected chi connectivity index (χ2v) is 6.57. The Morgan fingerprint density at radius 1 is 1.18 bits per heavy atom. The molecule has 0 amide bonds. The quantitative estimate of drug-likeness (QED) is 0.923.